The van der Waals surface area contributed by atoms with Crippen molar-refractivity contribution in [3.8, 4) is 0 Å². The molecule has 0 saturated heterocycles. The Morgan fingerprint density at radius 1 is 0.475 bits per heavy atom. The zero-order valence-electron chi connectivity index (χ0n) is 40.5. The van der Waals surface area contributed by atoms with E-state index in [2.05, 4.69) is 74.7 Å². The lowest BCUT2D eigenvalue weighted by molar-refractivity contribution is -0.151. The molecule has 356 valence electrons. The quantitative estimate of drug-likeness (QED) is 0.0322. The highest BCUT2D eigenvalue weighted by molar-refractivity contribution is 5.77. The minimum Gasteiger partial charge on any atom is -0.462 e. The summed E-state index contributed by atoms with van der Waals surface area (Å²) in [7, 11) is 0. The van der Waals surface area contributed by atoms with Crippen molar-refractivity contribution in [3.63, 3.8) is 0 Å². The summed E-state index contributed by atoms with van der Waals surface area (Å²) in [5.74, 6) is -0.517. The van der Waals surface area contributed by atoms with Crippen molar-refractivity contribution in [2.75, 3.05) is 6.61 Å². The predicted octanol–water partition coefficient (Wildman–Crippen LogP) is 15.8. The van der Waals surface area contributed by atoms with E-state index < -0.39 is 18.2 Å². The van der Waals surface area contributed by atoms with Gasteiger partial charge in [0.1, 0.15) is 6.10 Å². The molecule has 0 aliphatic carbocycles. The molecule has 0 aromatic rings. The van der Waals surface area contributed by atoms with Gasteiger partial charge in [-0.15, -0.1) is 0 Å². The van der Waals surface area contributed by atoms with Crippen LogP contribution in [0.3, 0.4) is 0 Å². The first-order chi connectivity index (χ1) is 30.0. The molecule has 3 atom stereocenters. The number of aliphatic hydroxyl groups is 2. The first-order valence-electron chi connectivity index (χ1n) is 26.4. The number of carbonyl (C=O) groups is 2. The molecule has 0 saturated carbocycles. The minimum atomic E-state index is -0.797. The van der Waals surface area contributed by atoms with E-state index in [1.54, 1.807) is 0 Å². The third kappa shape index (κ3) is 44.2. The fourth-order valence-corrected chi connectivity index (χ4v) is 7.84. The molecule has 0 fully saturated rings. The van der Waals surface area contributed by atoms with Crippen molar-refractivity contribution < 1.29 is 24.5 Å². The first kappa shape index (κ1) is 58.8. The molecule has 0 aliphatic rings. The van der Waals surface area contributed by atoms with Gasteiger partial charge in [-0.3, -0.25) is 9.59 Å². The second-order valence-electron chi connectivity index (χ2n) is 17.9. The largest absolute Gasteiger partial charge is 0.462 e. The number of unbranched alkanes of at least 4 members (excludes halogenated alkanes) is 27. The lowest BCUT2D eigenvalue weighted by Gasteiger charge is -2.24. The molecule has 0 spiro atoms. The maximum Gasteiger partial charge on any atom is 0.306 e. The van der Waals surface area contributed by atoms with Gasteiger partial charge < -0.3 is 20.3 Å². The Morgan fingerprint density at radius 2 is 0.836 bits per heavy atom. The SMILES string of the molecule is CCCCC/C=C\C/C=C\C/C=C\CCCCC(CC(=O)NC(CO)C(O)CCCCCCCCCCC)OC(=O)CCCCCCC/C=C/CCCCCCCCCCC. The predicted molar refractivity (Wildman–Crippen MR) is 264 cm³/mol. The van der Waals surface area contributed by atoms with E-state index in [4.69, 9.17) is 4.74 Å². The van der Waals surface area contributed by atoms with Crippen LogP contribution in [-0.4, -0.2) is 46.9 Å². The summed E-state index contributed by atoms with van der Waals surface area (Å²) in [5.41, 5.74) is 0. The van der Waals surface area contributed by atoms with Crippen molar-refractivity contribution in [2.45, 2.75) is 283 Å². The highest BCUT2D eigenvalue weighted by Crippen LogP contribution is 2.17. The molecule has 6 nitrogen and oxygen atoms in total. The van der Waals surface area contributed by atoms with Crippen molar-refractivity contribution in [3.05, 3.63) is 48.6 Å². The number of aliphatic hydroxyl groups excluding tert-OH is 2. The van der Waals surface area contributed by atoms with Crippen LogP contribution in [0, 0.1) is 0 Å². The highest BCUT2D eigenvalue weighted by Gasteiger charge is 2.24. The summed E-state index contributed by atoms with van der Waals surface area (Å²) in [5, 5.41) is 23.7. The normalized spacial score (nSPS) is 13.6. The molecule has 6 heteroatoms. The van der Waals surface area contributed by atoms with E-state index >= 15 is 0 Å². The van der Waals surface area contributed by atoms with Crippen molar-refractivity contribution in [1.29, 1.82) is 0 Å². The van der Waals surface area contributed by atoms with Crippen molar-refractivity contribution >= 4 is 11.9 Å². The van der Waals surface area contributed by atoms with Crippen LogP contribution in [0.25, 0.3) is 0 Å². The molecule has 0 heterocycles. The van der Waals surface area contributed by atoms with E-state index in [-0.39, 0.29) is 24.9 Å². The van der Waals surface area contributed by atoms with Gasteiger partial charge in [-0.2, -0.15) is 0 Å². The van der Waals surface area contributed by atoms with Crippen LogP contribution in [0.1, 0.15) is 265 Å². The molecule has 0 aromatic carbocycles. The Hall–Kier alpha value is -2.18. The van der Waals surface area contributed by atoms with Gasteiger partial charge in [0.05, 0.1) is 25.2 Å². The molecule has 1 amide bonds. The maximum absolute atomic E-state index is 13.2. The van der Waals surface area contributed by atoms with Gasteiger partial charge in [-0.25, -0.2) is 0 Å². The average Bonchev–Trinajstić information content (AvgIpc) is 3.25. The van der Waals surface area contributed by atoms with E-state index in [1.807, 2.05) is 0 Å². The number of ether oxygens (including phenoxy) is 1. The van der Waals surface area contributed by atoms with Gasteiger partial charge in [-0.1, -0.05) is 211 Å². The Morgan fingerprint density at radius 3 is 1.33 bits per heavy atom. The number of esters is 1. The molecule has 3 N–H and O–H groups in total. The summed E-state index contributed by atoms with van der Waals surface area (Å²) in [4.78, 5) is 26.1. The van der Waals surface area contributed by atoms with E-state index in [1.165, 1.54) is 141 Å². The molecule has 61 heavy (non-hydrogen) atoms. The summed E-state index contributed by atoms with van der Waals surface area (Å²) in [6, 6.07) is -0.714. The van der Waals surface area contributed by atoms with Gasteiger partial charge in [0.2, 0.25) is 5.91 Å². The van der Waals surface area contributed by atoms with Crippen LogP contribution in [0.2, 0.25) is 0 Å². The Bertz CT molecular complexity index is 1050. The van der Waals surface area contributed by atoms with E-state index in [9.17, 15) is 19.8 Å². The fourth-order valence-electron chi connectivity index (χ4n) is 7.84. The maximum atomic E-state index is 13.2. The lowest BCUT2D eigenvalue weighted by atomic mass is 10.0. The van der Waals surface area contributed by atoms with E-state index in [0.29, 0.717) is 19.3 Å². The summed E-state index contributed by atoms with van der Waals surface area (Å²) < 4.78 is 5.92. The molecule has 0 radical (unpaired) electrons. The number of nitrogens with one attached hydrogen (secondary N) is 1. The van der Waals surface area contributed by atoms with Gasteiger partial charge in [0.15, 0.2) is 0 Å². The van der Waals surface area contributed by atoms with Crippen LogP contribution in [-0.2, 0) is 14.3 Å². The Balaban J connectivity index is 4.61. The molecule has 0 aliphatic heterocycles. The van der Waals surface area contributed by atoms with E-state index in [0.717, 1.165) is 77.0 Å². The standard InChI is InChI=1S/C55H101NO5/c1-4-7-10-13-16-19-21-23-25-26-27-29-31-33-36-39-42-45-48-55(60)61-51(46-43-40-37-35-32-30-28-24-22-20-17-14-11-8-5-2)49-54(59)56-52(50-57)53(58)47-44-41-38-34-18-15-12-9-6-3/h17,20,24,27-29,32,35,51-53,57-58H,4-16,18-19,21-23,25-26,30-31,33-34,36-50H2,1-3H3,(H,56,59)/b20-17-,28-24-,29-27+,35-32-. The zero-order valence-corrected chi connectivity index (χ0v) is 40.5. The van der Waals surface area contributed by atoms with Gasteiger partial charge in [0, 0.05) is 6.42 Å². The lowest BCUT2D eigenvalue weighted by Crippen LogP contribution is -2.46. The summed E-state index contributed by atoms with van der Waals surface area (Å²) >= 11 is 0. The minimum absolute atomic E-state index is 0.0489. The molecular weight excluding hydrogens is 755 g/mol. The Labute approximate surface area is 378 Å². The first-order valence-corrected chi connectivity index (χ1v) is 26.4. The number of allylic oxidation sites excluding steroid dienone is 8. The number of amides is 1. The average molecular weight is 856 g/mol. The third-order valence-electron chi connectivity index (χ3n) is 11.9. The molecule has 3 unspecified atom stereocenters. The molecular formula is C55H101NO5. The number of carbonyl (C=O) groups excluding carboxylic acids is 2. The molecule has 0 rings (SSSR count). The van der Waals surface area contributed by atoms with Crippen LogP contribution >= 0.6 is 0 Å². The van der Waals surface area contributed by atoms with Crippen molar-refractivity contribution in [2.24, 2.45) is 0 Å². The van der Waals surface area contributed by atoms with Crippen LogP contribution in [0.5, 0.6) is 0 Å². The monoisotopic (exact) mass is 856 g/mol. The second kappa shape index (κ2) is 48.8. The van der Waals surface area contributed by atoms with Crippen LogP contribution < -0.4 is 5.32 Å². The summed E-state index contributed by atoms with van der Waals surface area (Å²) in [6.45, 7) is 6.43. The molecule has 0 aromatic heterocycles. The zero-order chi connectivity index (χ0) is 44.5. The van der Waals surface area contributed by atoms with Gasteiger partial charge >= 0.3 is 5.97 Å². The topological polar surface area (TPSA) is 95.9 Å². The van der Waals surface area contributed by atoms with Crippen LogP contribution in [0.4, 0.5) is 0 Å². The third-order valence-corrected chi connectivity index (χ3v) is 11.9. The number of hydrogen-bond donors (Lipinski definition) is 3. The Kier molecular flexibility index (Phi) is 47.1. The van der Waals surface area contributed by atoms with Gasteiger partial charge in [0.25, 0.3) is 0 Å². The smallest absolute Gasteiger partial charge is 0.306 e. The van der Waals surface area contributed by atoms with Gasteiger partial charge in [-0.05, 0) is 89.9 Å². The fraction of sp³-hybridized carbons (Fsp3) is 0.818. The van der Waals surface area contributed by atoms with Crippen molar-refractivity contribution in [1.82, 2.24) is 5.32 Å². The summed E-state index contributed by atoms with van der Waals surface area (Å²) in [6.07, 6.45) is 58.9. The number of hydrogen-bond acceptors (Lipinski definition) is 5. The molecule has 0 bridgehead atoms. The highest BCUT2D eigenvalue weighted by atomic mass is 16.5. The number of rotatable bonds is 47. The van der Waals surface area contributed by atoms with Crippen LogP contribution in [0.15, 0.2) is 48.6 Å². The second-order valence-corrected chi connectivity index (χ2v) is 17.9.